The molecule has 1 N–H and O–H groups in total. The molecule has 0 aliphatic carbocycles. The van der Waals surface area contributed by atoms with Crippen molar-refractivity contribution in [2.75, 3.05) is 33.2 Å². The van der Waals surface area contributed by atoms with E-state index in [0.29, 0.717) is 47.0 Å². The Morgan fingerprint density at radius 3 is 2.33 bits per heavy atom. The van der Waals surface area contributed by atoms with Crippen molar-refractivity contribution in [3.63, 3.8) is 0 Å². The monoisotopic (exact) mass is 500 g/mol. The molecule has 1 aliphatic rings. The molecule has 1 atom stereocenters. The van der Waals surface area contributed by atoms with Crippen molar-refractivity contribution < 1.29 is 32.2 Å². The molecule has 0 aromatic heterocycles. The zero-order valence-corrected chi connectivity index (χ0v) is 20.4. The summed E-state index contributed by atoms with van der Waals surface area (Å²) in [5.41, 5.74) is 2.50. The van der Waals surface area contributed by atoms with Gasteiger partial charge in [0.2, 0.25) is 0 Å². The molecule has 2 amide bonds. The number of halogens is 3. The van der Waals surface area contributed by atoms with E-state index in [1.165, 1.54) is 20.3 Å². The van der Waals surface area contributed by atoms with Crippen LogP contribution in [0.3, 0.4) is 0 Å². The normalized spacial score (nSPS) is 15.2. The number of urea groups is 1. The van der Waals surface area contributed by atoms with Gasteiger partial charge < -0.3 is 24.4 Å². The number of hydrogen-bond acceptors (Lipinski definition) is 4. The van der Waals surface area contributed by atoms with Crippen LogP contribution < -0.4 is 19.5 Å². The summed E-state index contributed by atoms with van der Waals surface area (Å²) in [6.07, 6.45) is -4.02. The minimum absolute atomic E-state index is 0.296. The number of benzene rings is 3. The highest BCUT2D eigenvalue weighted by atomic mass is 19.4. The van der Waals surface area contributed by atoms with Crippen LogP contribution in [0, 0.1) is 6.92 Å². The van der Waals surface area contributed by atoms with Crippen molar-refractivity contribution in [3.05, 3.63) is 82.4 Å². The van der Waals surface area contributed by atoms with Crippen LogP contribution in [0.4, 0.5) is 23.7 Å². The molecule has 1 heterocycles. The molecule has 0 spiro atoms. The highest BCUT2D eigenvalue weighted by Crippen LogP contribution is 2.42. The number of nitrogens with one attached hydrogen (secondary N) is 1. The molecule has 0 fully saturated rings. The van der Waals surface area contributed by atoms with Crippen molar-refractivity contribution in [1.82, 2.24) is 4.90 Å². The Kier molecular flexibility index (Phi) is 7.01. The van der Waals surface area contributed by atoms with Crippen LogP contribution in [0.2, 0.25) is 0 Å². The minimum Gasteiger partial charge on any atom is -0.497 e. The second-order valence-electron chi connectivity index (χ2n) is 8.49. The van der Waals surface area contributed by atoms with Crippen molar-refractivity contribution >= 4 is 11.7 Å². The third kappa shape index (κ3) is 4.91. The molecular formula is C27H27F3N2O4. The van der Waals surface area contributed by atoms with Gasteiger partial charge in [-0.3, -0.25) is 0 Å². The van der Waals surface area contributed by atoms with Crippen LogP contribution in [-0.4, -0.2) is 38.8 Å². The summed E-state index contributed by atoms with van der Waals surface area (Å²) in [7, 11) is 4.57. The second-order valence-corrected chi connectivity index (χ2v) is 8.49. The Morgan fingerprint density at radius 1 is 0.972 bits per heavy atom. The molecular weight excluding hydrogens is 473 g/mol. The Balaban J connectivity index is 1.79. The van der Waals surface area contributed by atoms with Crippen LogP contribution in [0.5, 0.6) is 17.2 Å². The first kappa shape index (κ1) is 25.2. The molecule has 3 aromatic carbocycles. The number of fused-ring (bicyclic) bond motifs is 1. The fourth-order valence-electron chi connectivity index (χ4n) is 4.50. The van der Waals surface area contributed by atoms with Crippen LogP contribution in [0.15, 0.2) is 54.6 Å². The topological polar surface area (TPSA) is 60.0 Å². The summed E-state index contributed by atoms with van der Waals surface area (Å²) in [5, 5.41) is 2.91. The van der Waals surface area contributed by atoms with Crippen molar-refractivity contribution in [2.24, 2.45) is 0 Å². The fraction of sp³-hybridized carbons (Fsp3) is 0.296. The molecule has 0 radical (unpaired) electrons. The Morgan fingerprint density at radius 2 is 1.69 bits per heavy atom. The number of rotatable bonds is 5. The molecule has 0 bridgehead atoms. The lowest BCUT2D eigenvalue weighted by Gasteiger charge is -2.38. The van der Waals surface area contributed by atoms with Gasteiger partial charge in [-0.05, 0) is 78.1 Å². The first-order valence-electron chi connectivity index (χ1n) is 11.3. The molecule has 3 aromatic rings. The second kappa shape index (κ2) is 10.0. The molecule has 6 nitrogen and oxygen atoms in total. The first-order chi connectivity index (χ1) is 17.2. The molecule has 9 heteroatoms. The number of carbonyl (C=O) groups excluding carboxylic acids is 1. The van der Waals surface area contributed by atoms with Gasteiger partial charge in [0.15, 0.2) is 11.5 Å². The number of alkyl halides is 3. The third-order valence-corrected chi connectivity index (χ3v) is 6.34. The number of ether oxygens (including phenoxy) is 3. The Bertz CT molecular complexity index is 1280. The highest BCUT2D eigenvalue weighted by Gasteiger charge is 2.36. The van der Waals surface area contributed by atoms with Gasteiger partial charge in [0, 0.05) is 12.2 Å². The van der Waals surface area contributed by atoms with E-state index in [1.807, 2.05) is 13.0 Å². The van der Waals surface area contributed by atoms with Gasteiger partial charge in [0.25, 0.3) is 0 Å². The van der Waals surface area contributed by atoms with Crippen molar-refractivity contribution in [2.45, 2.75) is 25.6 Å². The summed E-state index contributed by atoms with van der Waals surface area (Å²) in [4.78, 5) is 15.1. The fourth-order valence-corrected chi connectivity index (χ4v) is 4.50. The van der Waals surface area contributed by atoms with E-state index in [2.05, 4.69) is 5.32 Å². The quantitative estimate of drug-likeness (QED) is 0.452. The van der Waals surface area contributed by atoms with Gasteiger partial charge in [-0.15, -0.1) is 0 Å². The first-order valence-corrected chi connectivity index (χ1v) is 11.3. The zero-order valence-electron chi connectivity index (χ0n) is 20.4. The summed E-state index contributed by atoms with van der Waals surface area (Å²) < 4.78 is 56.8. The predicted molar refractivity (Wildman–Crippen MR) is 130 cm³/mol. The Hall–Kier alpha value is -3.88. The predicted octanol–water partition coefficient (Wildman–Crippen LogP) is 6.22. The number of hydrogen-bond donors (Lipinski definition) is 1. The van der Waals surface area contributed by atoms with Gasteiger partial charge in [-0.2, -0.15) is 13.2 Å². The average Bonchev–Trinajstić information content (AvgIpc) is 2.87. The lowest BCUT2D eigenvalue weighted by Crippen LogP contribution is -2.43. The molecule has 0 saturated heterocycles. The number of anilines is 1. The van der Waals surface area contributed by atoms with Crippen LogP contribution in [0.1, 0.15) is 33.9 Å². The van der Waals surface area contributed by atoms with Gasteiger partial charge in [-0.1, -0.05) is 12.1 Å². The molecule has 1 aliphatic heterocycles. The number of nitrogens with zero attached hydrogens (tertiary/aromatic N) is 1. The minimum atomic E-state index is -4.52. The SMILES string of the molecule is COc1ccc(NC(=O)N2CCc3cc(OC)c(OC)cc3[C@H]2c2cccc(C(F)(F)F)c2)c(C)c1. The van der Waals surface area contributed by atoms with Gasteiger partial charge in [0.05, 0.1) is 32.9 Å². The summed E-state index contributed by atoms with van der Waals surface area (Å²) in [5.74, 6) is 1.60. The average molecular weight is 501 g/mol. The van der Waals surface area contributed by atoms with Gasteiger partial charge in [-0.25, -0.2) is 4.79 Å². The Labute approximate surface area is 207 Å². The standard InChI is InChI=1S/C27H27F3N2O4/c1-16-12-20(34-2)8-9-22(16)31-26(33)32-11-10-17-14-23(35-3)24(36-4)15-21(17)25(32)18-6-5-7-19(13-18)27(28,29)30/h5-9,12-15,25H,10-11H2,1-4H3,(H,31,33)/t25-/m1/s1. The molecule has 0 unspecified atom stereocenters. The maximum absolute atomic E-state index is 13.6. The molecule has 190 valence electrons. The number of aryl methyl sites for hydroxylation is 1. The van der Waals surface area contributed by atoms with Crippen molar-refractivity contribution in [3.8, 4) is 17.2 Å². The summed E-state index contributed by atoms with van der Waals surface area (Å²) in [6.45, 7) is 2.13. The smallest absolute Gasteiger partial charge is 0.416 e. The zero-order chi connectivity index (χ0) is 26.0. The van der Waals surface area contributed by atoms with E-state index in [4.69, 9.17) is 14.2 Å². The van der Waals surface area contributed by atoms with Crippen LogP contribution >= 0.6 is 0 Å². The van der Waals surface area contributed by atoms with E-state index in [0.717, 1.165) is 23.3 Å². The summed E-state index contributed by atoms with van der Waals surface area (Å²) >= 11 is 0. The van der Waals surface area contributed by atoms with E-state index < -0.39 is 23.8 Å². The number of carbonyl (C=O) groups is 1. The van der Waals surface area contributed by atoms with E-state index in [-0.39, 0.29) is 0 Å². The molecule has 4 rings (SSSR count). The van der Waals surface area contributed by atoms with Crippen molar-refractivity contribution in [1.29, 1.82) is 0 Å². The largest absolute Gasteiger partial charge is 0.497 e. The lowest BCUT2D eigenvalue weighted by molar-refractivity contribution is -0.137. The maximum atomic E-state index is 13.6. The number of amides is 2. The number of methoxy groups -OCH3 is 3. The van der Waals surface area contributed by atoms with Gasteiger partial charge >= 0.3 is 12.2 Å². The van der Waals surface area contributed by atoms with E-state index in [1.54, 1.807) is 42.3 Å². The molecule has 36 heavy (non-hydrogen) atoms. The van der Waals surface area contributed by atoms with E-state index in [9.17, 15) is 18.0 Å². The van der Waals surface area contributed by atoms with Crippen LogP contribution in [0.25, 0.3) is 0 Å². The lowest BCUT2D eigenvalue weighted by atomic mass is 9.87. The molecule has 0 saturated carbocycles. The van der Waals surface area contributed by atoms with E-state index >= 15 is 0 Å². The highest BCUT2D eigenvalue weighted by molar-refractivity contribution is 5.91. The third-order valence-electron chi connectivity index (χ3n) is 6.34. The van der Waals surface area contributed by atoms with Crippen LogP contribution in [-0.2, 0) is 12.6 Å². The van der Waals surface area contributed by atoms with Gasteiger partial charge in [0.1, 0.15) is 5.75 Å². The maximum Gasteiger partial charge on any atom is 0.416 e. The summed E-state index contributed by atoms with van der Waals surface area (Å²) in [6, 6.07) is 12.7.